The highest BCUT2D eigenvalue weighted by atomic mass is 127. The molecule has 0 saturated carbocycles. The minimum Gasteiger partial charge on any atom is -0.490 e. The number of ether oxygens (including phenoxy) is 6. The molecule has 0 saturated heterocycles. The quantitative estimate of drug-likeness (QED) is 0.0487. The summed E-state index contributed by atoms with van der Waals surface area (Å²) in [5.41, 5.74) is 10.2. The van der Waals surface area contributed by atoms with Crippen molar-refractivity contribution in [3.05, 3.63) is 112 Å². The maximum absolute atomic E-state index is 6.56. The van der Waals surface area contributed by atoms with Crippen molar-refractivity contribution in [2.45, 2.75) is 125 Å². The van der Waals surface area contributed by atoms with Gasteiger partial charge in [-0.05, 0) is 162 Å². The molecule has 378 valence electrons. The number of fused-ring (bicyclic) bond motifs is 17. The fraction of sp³-hybridized carbons (Fsp3) is 0.417. The van der Waals surface area contributed by atoms with Crippen molar-refractivity contribution in [3.8, 4) is 34.5 Å². The summed E-state index contributed by atoms with van der Waals surface area (Å²) in [6.45, 7) is 16.6. The number of aliphatic imine (C=N–C) groups is 3. The molecule has 1 aromatic heterocycles. The molecule has 0 radical (unpaired) electrons. The molecule has 9 rings (SSSR count). The molecule has 10 nitrogen and oxygen atoms in total. The zero-order chi connectivity index (χ0) is 50.1. The molecular formula is C60H68I2N4O6. The van der Waals surface area contributed by atoms with Gasteiger partial charge in [-0.15, -0.1) is 0 Å². The predicted octanol–water partition coefficient (Wildman–Crippen LogP) is 14.3. The number of aromatic nitrogens is 1. The van der Waals surface area contributed by atoms with E-state index >= 15 is 0 Å². The third kappa shape index (κ3) is 11.3. The topological polar surface area (TPSA) is 108 Å². The molecule has 0 fully saturated rings. The minimum absolute atomic E-state index is 0.314. The van der Waals surface area contributed by atoms with E-state index in [-0.39, 0.29) is 6.04 Å². The zero-order valence-electron chi connectivity index (χ0n) is 42.8. The Balaban J connectivity index is 1.34. The summed E-state index contributed by atoms with van der Waals surface area (Å²) in [6, 6.07) is 17.0. The lowest BCUT2D eigenvalue weighted by Crippen LogP contribution is -2.14. The minimum atomic E-state index is -0.314. The van der Waals surface area contributed by atoms with Crippen LogP contribution in [0.3, 0.4) is 0 Å². The lowest BCUT2D eigenvalue weighted by Gasteiger charge is -2.15. The first-order chi connectivity index (χ1) is 35.2. The number of aromatic amines is 1. The van der Waals surface area contributed by atoms with Gasteiger partial charge in [-0.25, -0.2) is 9.98 Å². The summed E-state index contributed by atoms with van der Waals surface area (Å²) in [7, 11) is 0. The van der Waals surface area contributed by atoms with Crippen LogP contribution in [0.5, 0.6) is 34.5 Å². The highest BCUT2D eigenvalue weighted by Crippen LogP contribution is 2.45. The molecule has 12 heteroatoms. The molecule has 1 atom stereocenters. The molecule has 0 spiro atoms. The van der Waals surface area contributed by atoms with Crippen LogP contribution in [0, 0.1) is 7.14 Å². The summed E-state index contributed by atoms with van der Waals surface area (Å²) >= 11 is 4.88. The highest BCUT2D eigenvalue weighted by molar-refractivity contribution is 14.1. The molecule has 72 heavy (non-hydrogen) atoms. The van der Waals surface area contributed by atoms with E-state index in [4.69, 9.17) is 43.4 Å². The van der Waals surface area contributed by atoms with E-state index in [9.17, 15) is 0 Å². The van der Waals surface area contributed by atoms with Gasteiger partial charge in [0.2, 0.25) is 0 Å². The van der Waals surface area contributed by atoms with Gasteiger partial charge in [0.15, 0.2) is 34.5 Å². The second-order valence-corrected chi connectivity index (χ2v) is 21.2. The first-order valence-electron chi connectivity index (χ1n) is 26.5. The van der Waals surface area contributed by atoms with Crippen LogP contribution in [0.4, 0.5) is 0 Å². The van der Waals surface area contributed by atoms with Gasteiger partial charge in [0, 0.05) is 56.4 Å². The summed E-state index contributed by atoms with van der Waals surface area (Å²) < 4.78 is 41.6. The molecule has 1 unspecified atom stereocenters. The number of hydrogen-bond donors (Lipinski definition) is 1. The average Bonchev–Trinajstić information content (AvgIpc) is 4.09. The Bertz CT molecular complexity index is 3110. The standard InChI is InChI=1S/C60H68I2N4O6/c1-7-13-19-67-55-27-39-41(29-57(55)69-21-15-9-3)51-35-53-43-31-59(71-23-17-11-5)60(72-24-18-12-6)32-44(43)54(66-53)36-52-42-30-58(70-22-16-10-4)56(68-20-14-8-2)28-40(42)50(65-52)34-48-38-26-46(62)45(61)25-37(38)47(63-48)33-49(39)64-51/h25-36,47,66H,7-24H2,1-6H3/b49-33-,50-34-,53-35-,54-36-. The van der Waals surface area contributed by atoms with Crippen molar-refractivity contribution in [3.63, 3.8) is 0 Å². The van der Waals surface area contributed by atoms with Crippen molar-refractivity contribution in [1.82, 2.24) is 4.98 Å². The summed E-state index contributed by atoms with van der Waals surface area (Å²) in [5.74, 6) is 4.36. The third-order valence-corrected chi connectivity index (χ3v) is 16.2. The Morgan fingerprint density at radius 1 is 0.417 bits per heavy atom. The SMILES string of the molecule is CCCCOc1cc2c(cc1OCCCC)/C1=C/C3=NC(/C=C4N=C(/C=c5\[nH]/c(c6cc(OCCCC)c(OCCCC)cc56)=C\C2=N1)c1cc(OCCCC)c(OCCCC)cc1\4)c1cc(I)c(I)cc13. The van der Waals surface area contributed by atoms with E-state index in [0.29, 0.717) is 39.6 Å². The maximum atomic E-state index is 6.56. The lowest BCUT2D eigenvalue weighted by molar-refractivity contribution is 0.262. The number of benzene rings is 4. The lowest BCUT2D eigenvalue weighted by atomic mass is 9.97. The van der Waals surface area contributed by atoms with Crippen LogP contribution in [-0.2, 0) is 0 Å². The Hall–Kier alpha value is -5.09. The number of rotatable bonds is 24. The van der Waals surface area contributed by atoms with Crippen LogP contribution >= 0.6 is 45.2 Å². The molecule has 4 aliphatic rings. The van der Waals surface area contributed by atoms with Crippen molar-refractivity contribution >= 4 is 96.6 Å². The summed E-state index contributed by atoms with van der Waals surface area (Å²) in [4.78, 5) is 20.5. The Morgan fingerprint density at radius 2 is 0.792 bits per heavy atom. The number of nitrogens with zero attached hydrogens (tertiary/aromatic N) is 3. The first-order valence-corrected chi connectivity index (χ1v) is 28.6. The Kier molecular flexibility index (Phi) is 17.5. The number of halogens is 2. The largest absolute Gasteiger partial charge is 0.490 e. The molecule has 0 amide bonds. The van der Waals surface area contributed by atoms with Crippen LogP contribution in [-0.4, -0.2) is 61.8 Å². The van der Waals surface area contributed by atoms with Crippen LogP contribution in [0.1, 0.15) is 158 Å². The van der Waals surface area contributed by atoms with Crippen LogP contribution in [0.2, 0.25) is 0 Å². The van der Waals surface area contributed by atoms with Gasteiger partial charge in [0.05, 0.1) is 74.2 Å². The first kappa shape index (κ1) is 51.8. The number of allylic oxidation sites excluding steroid dienone is 1. The van der Waals surface area contributed by atoms with E-state index in [1.54, 1.807) is 0 Å². The van der Waals surface area contributed by atoms with Gasteiger partial charge in [0.1, 0.15) is 0 Å². The monoisotopic (exact) mass is 1190 g/mol. The van der Waals surface area contributed by atoms with Gasteiger partial charge in [-0.1, -0.05) is 80.1 Å². The van der Waals surface area contributed by atoms with Crippen molar-refractivity contribution in [1.29, 1.82) is 0 Å². The van der Waals surface area contributed by atoms with Crippen LogP contribution < -0.4 is 39.1 Å². The number of H-pyrrole nitrogens is 1. The summed E-state index contributed by atoms with van der Waals surface area (Å²) in [6.07, 6.45) is 20.5. The summed E-state index contributed by atoms with van der Waals surface area (Å²) in [5, 5.41) is 3.75. The zero-order valence-corrected chi connectivity index (χ0v) is 47.1. The van der Waals surface area contributed by atoms with E-state index < -0.39 is 0 Å². The number of unbranched alkanes of at least 4 members (excludes halogenated alkanes) is 6. The highest BCUT2D eigenvalue weighted by Gasteiger charge is 2.31. The second-order valence-electron chi connectivity index (χ2n) is 18.9. The van der Waals surface area contributed by atoms with Crippen molar-refractivity contribution in [2.75, 3.05) is 39.6 Å². The molecule has 4 aromatic carbocycles. The van der Waals surface area contributed by atoms with Gasteiger partial charge < -0.3 is 33.4 Å². The fourth-order valence-electron chi connectivity index (χ4n) is 9.19. The normalized spacial score (nSPS) is 17.4. The van der Waals surface area contributed by atoms with Gasteiger partial charge in [-0.3, -0.25) is 4.99 Å². The smallest absolute Gasteiger partial charge is 0.161 e. The van der Waals surface area contributed by atoms with Crippen LogP contribution in [0.15, 0.2) is 75.7 Å². The second kappa shape index (κ2) is 24.3. The van der Waals surface area contributed by atoms with Crippen molar-refractivity contribution < 1.29 is 28.4 Å². The van der Waals surface area contributed by atoms with E-state index in [1.165, 1.54) is 7.14 Å². The molecule has 1 N–H and O–H groups in total. The molecule has 5 heterocycles. The predicted molar refractivity (Wildman–Crippen MR) is 312 cm³/mol. The van der Waals surface area contributed by atoms with E-state index in [0.717, 1.165) is 195 Å². The fourth-order valence-corrected chi connectivity index (χ4v) is 10.1. The van der Waals surface area contributed by atoms with Gasteiger partial charge in [0.25, 0.3) is 0 Å². The average molecular weight is 1200 g/mol. The molecule has 0 aliphatic carbocycles. The van der Waals surface area contributed by atoms with Gasteiger partial charge in [-0.2, -0.15) is 0 Å². The number of hydrogen-bond acceptors (Lipinski definition) is 9. The molecular weight excluding hydrogens is 1130 g/mol. The van der Waals surface area contributed by atoms with Crippen molar-refractivity contribution in [2.24, 2.45) is 15.0 Å². The molecule has 8 bridgehead atoms. The third-order valence-electron chi connectivity index (χ3n) is 13.3. The van der Waals surface area contributed by atoms with E-state index in [1.807, 2.05) is 0 Å². The Morgan fingerprint density at radius 3 is 1.22 bits per heavy atom. The molecule has 5 aromatic rings. The Labute approximate surface area is 452 Å². The van der Waals surface area contributed by atoms with Gasteiger partial charge >= 0.3 is 0 Å². The van der Waals surface area contributed by atoms with E-state index in [2.05, 4.69) is 165 Å². The maximum Gasteiger partial charge on any atom is 0.161 e. The number of nitrogens with one attached hydrogen (secondary N) is 1. The van der Waals surface area contributed by atoms with Crippen LogP contribution in [0.25, 0.3) is 34.3 Å². The molecule has 4 aliphatic heterocycles.